The van der Waals surface area contributed by atoms with E-state index in [1.165, 1.54) is 0 Å². The Hall–Kier alpha value is 0.170. The van der Waals surface area contributed by atoms with Gasteiger partial charge in [-0.2, -0.15) is 0 Å². The van der Waals surface area contributed by atoms with E-state index in [0.29, 0.717) is 12.8 Å². The van der Waals surface area contributed by atoms with Crippen molar-refractivity contribution in [1.29, 1.82) is 0 Å². The molecule has 2 atom stereocenters. The summed E-state index contributed by atoms with van der Waals surface area (Å²) in [6.07, 6.45) is 2.93. The topological polar surface area (TPSA) is 34.1 Å². The third-order valence-corrected chi connectivity index (χ3v) is 4.42. The summed E-state index contributed by atoms with van der Waals surface area (Å²) in [5, 5.41) is -0.977. The molecule has 0 radical (unpaired) electrons. The minimum absolute atomic E-state index is 0.330. The van der Waals surface area contributed by atoms with Gasteiger partial charge in [-0.05, 0) is 12.8 Å². The van der Waals surface area contributed by atoms with Gasteiger partial charge in [-0.1, -0.05) is 25.7 Å². The molecule has 0 spiro atoms. The molecule has 0 aromatic rings. The molecule has 0 N–H and O–H groups in total. The summed E-state index contributed by atoms with van der Waals surface area (Å²) < 4.78 is 35.3. The Balaban J connectivity index is 2.67. The number of halogens is 2. The minimum atomic E-state index is -3.72. The van der Waals surface area contributed by atoms with Crippen molar-refractivity contribution in [2.45, 2.75) is 49.9 Å². The van der Waals surface area contributed by atoms with Gasteiger partial charge in [-0.25, -0.2) is 12.8 Å². The van der Waals surface area contributed by atoms with Crippen LogP contribution in [0.4, 0.5) is 4.39 Å². The van der Waals surface area contributed by atoms with Crippen LogP contribution >= 0.6 is 10.7 Å². The van der Waals surface area contributed by atoms with Gasteiger partial charge in [0.15, 0.2) is 0 Å². The predicted molar refractivity (Wildman–Crippen MR) is 51.2 cm³/mol. The minimum Gasteiger partial charge on any atom is -0.246 e. The zero-order chi connectivity index (χ0) is 9.90. The van der Waals surface area contributed by atoms with Crippen molar-refractivity contribution < 1.29 is 12.8 Å². The van der Waals surface area contributed by atoms with Crippen molar-refractivity contribution in [3.63, 3.8) is 0 Å². The largest absolute Gasteiger partial charge is 0.246 e. The SMILES string of the molecule is O=S(=O)(Cl)[C@@H]1CCCCCC[C@@H]1F. The molecule has 0 heterocycles. The molecule has 1 aliphatic carbocycles. The highest BCUT2D eigenvalue weighted by molar-refractivity contribution is 8.14. The van der Waals surface area contributed by atoms with E-state index in [1.807, 2.05) is 0 Å². The summed E-state index contributed by atoms with van der Waals surface area (Å²) in [7, 11) is 1.45. The molecule has 5 heteroatoms. The lowest BCUT2D eigenvalue weighted by Gasteiger charge is -2.20. The van der Waals surface area contributed by atoms with Crippen molar-refractivity contribution in [2.24, 2.45) is 0 Å². The van der Waals surface area contributed by atoms with Gasteiger partial charge in [0.2, 0.25) is 9.05 Å². The summed E-state index contributed by atoms with van der Waals surface area (Å²) in [4.78, 5) is 0. The molecule has 0 saturated heterocycles. The van der Waals surface area contributed by atoms with Gasteiger partial charge in [-0.3, -0.25) is 0 Å². The van der Waals surface area contributed by atoms with Crippen molar-refractivity contribution in [1.82, 2.24) is 0 Å². The fraction of sp³-hybridized carbons (Fsp3) is 1.00. The van der Waals surface area contributed by atoms with Crippen molar-refractivity contribution in [3.8, 4) is 0 Å². The summed E-state index contributed by atoms with van der Waals surface area (Å²) in [5.41, 5.74) is 0. The van der Waals surface area contributed by atoms with E-state index in [-0.39, 0.29) is 0 Å². The Morgan fingerprint density at radius 2 is 1.62 bits per heavy atom. The normalized spacial score (nSPS) is 32.2. The van der Waals surface area contributed by atoms with Crippen LogP contribution in [0.1, 0.15) is 38.5 Å². The lowest BCUT2D eigenvalue weighted by Crippen LogP contribution is -2.29. The van der Waals surface area contributed by atoms with Crippen LogP contribution in [0.2, 0.25) is 0 Å². The van der Waals surface area contributed by atoms with Gasteiger partial charge < -0.3 is 0 Å². The number of hydrogen-bond donors (Lipinski definition) is 0. The van der Waals surface area contributed by atoms with Crippen molar-refractivity contribution in [2.75, 3.05) is 0 Å². The summed E-state index contributed by atoms with van der Waals surface area (Å²) in [6.45, 7) is 0. The second-order valence-corrected chi connectivity index (χ2v) is 6.37. The van der Waals surface area contributed by atoms with E-state index in [2.05, 4.69) is 0 Å². The fourth-order valence-electron chi connectivity index (χ4n) is 1.72. The Bertz CT molecular complexity index is 253. The van der Waals surface area contributed by atoms with Crippen LogP contribution < -0.4 is 0 Å². The highest BCUT2D eigenvalue weighted by Gasteiger charge is 2.32. The van der Waals surface area contributed by atoms with E-state index in [9.17, 15) is 12.8 Å². The first-order chi connectivity index (χ1) is 6.02. The second-order valence-electron chi connectivity index (χ2n) is 3.52. The molecule has 1 rings (SSSR count). The van der Waals surface area contributed by atoms with Crippen LogP contribution in [-0.2, 0) is 9.05 Å². The Kier molecular flexibility index (Phi) is 3.98. The third kappa shape index (κ3) is 3.43. The molecule has 0 aliphatic heterocycles. The lowest BCUT2D eigenvalue weighted by atomic mass is 9.99. The van der Waals surface area contributed by atoms with E-state index in [1.54, 1.807) is 0 Å². The van der Waals surface area contributed by atoms with Gasteiger partial charge in [0.1, 0.15) is 11.4 Å². The lowest BCUT2D eigenvalue weighted by molar-refractivity contribution is 0.270. The maximum Gasteiger partial charge on any atom is 0.238 e. The van der Waals surface area contributed by atoms with E-state index >= 15 is 0 Å². The average molecular weight is 229 g/mol. The van der Waals surface area contributed by atoms with Gasteiger partial charge in [0.05, 0.1) is 0 Å². The smallest absolute Gasteiger partial charge is 0.238 e. The van der Waals surface area contributed by atoms with E-state index in [4.69, 9.17) is 10.7 Å². The summed E-state index contributed by atoms with van der Waals surface area (Å²) in [6, 6.07) is 0. The third-order valence-electron chi connectivity index (χ3n) is 2.48. The molecular weight excluding hydrogens is 215 g/mol. The number of rotatable bonds is 1. The van der Waals surface area contributed by atoms with Gasteiger partial charge in [-0.15, -0.1) is 0 Å². The van der Waals surface area contributed by atoms with Crippen LogP contribution in [0, 0.1) is 0 Å². The zero-order valence-corrected chi connectivity index (χ0v) is 8.95. The molecule has 0 aromatic carbocycles. The molecule has 0 unspecified atom stereocenters. The molecular formula is C8H14ClFO2S. The van der Waals surface area contributed by atoms with E-state index in [0.717, 1.165) is 25.7 Å². The van der Waals surface area contributed by atoms with Crippen LogP contribution in [0.15, 0.2) is 0 Å². The molecule has 1 saturated carbocycles. The molecule has 0 aromatic heterocycles. The highest BCUT2D eigenvalue weighted by atomic mass is 35.7. The molecule has 0 amide bonds. The maximum atomic E-state index is 13.3. The molecule has 78 valence electrons. The first kappa shape index (κ1) is 11.2. The highest BCUT2D eigenvalue weighted by Crippen LogP contribution is 2.26. The predicted octanol–water partition coefficient (Wildman–Crippen LogP) is 2.62. The first-order valence-corrected chi connectivity index (χ1v) is 6.96. The van der Waals surface area contributed by atoms with Gasteiger partial charge >= 0.3 is 0 Å². The monoisotopic (exact) mass is 228 g/mol. The molecule has 1 aliphatic rings. The maximum absolute atomic E-state index is 13.3. The standard InChI is InChI=1S/C8H14ClFO2S/c9-13(11,12)8-6-4-2-1-3-5-7(8)10/h7-8H,1-6H2/t7-,8+/m0/s1. The molecule has 1 fully saturated rings. The van der Waals surface area contributed by atoms with Crippen molar-refractivity contribution in [3.05, 3.63) is 0 Å². The first-order valence-electron chi connectivity index (χ1n) is 4.59. The molecule has 13 heavy (non-hydrogen) atoms. The Labute approximate surface area is 82.9 Å². The Morgan fingerprint density at radius 1 is 1.08 bits per heavy atom. The van der Waals surface area contributed by atoms with Crippen LogP contribution in [-0.4, -0.2) is 19.8 Å². The number of alkyl halides is 1. The second kappa shape index (κ2) is 4.60. The van der Waals surface area contributed by atoms with Crippen LogP contribution in [0.3, 0.4) is 0 Å². The fourth-order valence-corrected chi connectivity index (χ4v) is 3.26. The number of hydrogen-bond acceptors (Lipinski definition) is 2. The van der Waals surface area contributed by atoms with E-state index < -0.39 is 20.5 Å². The van der Waals surface area contributed by atoms with Crippen LogP contribution in [0.25, 0.3) is 0 Å². The molecule has 0 bridgehead atoms. The molecule has 2 nitrogen and oxygen atoms in total. The summed E-state index contributed by atoms with van der Waals surface area (Å²) in [5.74, 6) is 0. The van der Waals surface area contributed by atoms with Gasteiger partial charge in [0, 0.05) is 10.7 Å². The van der Waals surface area contributed by atoms with Crippen LogP contribution in [0.5, 0.6) is 0 Å². The Morgan fingerprint density at radius 3 is 2.15 bits per heavy atom. The van der Waals surface area contributed by atoms with Gasteiger partial charge in [0.25, 0.3) is 0 Å². The summed E-state index contributed by atoms with van der Waals surface area (Å²) >= 11 is 0. The quantitative estimate of drug-likeness (QED) is 0.647. The average Bonchev–Trinajstić information content (AvgIpc) is 1.94. The zero-order valence-electron chi connectivity index (χ0n) is 7.38. The van der Waals surface area contributed by atoms with Crippen molar-refractivity contribution >= 4 is 19.7 Å².